The molecule has 2 aliphatic rings. The molecule has 2 saturated carbocycles. The summed E-state index contributed by atoms with van der Waals surface area (Å²) in [5.41, 5.74) is 0. The number of sulfonamides is 2. The van der Waals surface area contributed by atoms with E-state index in [0.29, 0.717) is 12.8 Å². The number of halogens is 2. The van der Waals surface area contributed by atoms with Crippen LogP contribution < -0.4 is 9.44 Å². The van der Waals surface area contributed by atoms with E-state index in [4.69, 9.17) is 4.74 Å². The van der Waals surface area contributed by atoms with Crippen LogP contribution in [0.25, 0.3) is 0 Å². The van der Waals surface area contributed by atoms with Crippen molar-refractivity contribution >= 4 is 20.0 Å². The zero-order valence-corrected chi connectivity index (χ0v) is 15.8. The lowest BCUT2D eigenvalue weighted by Gasteiger charge is -2.32. The second kappa shape index (κ2) is 8.12. The van der Waals surface area contributed by atoms with Gasteiger partial charge in [-0.2, -0.15) is 0 Å². The van der Waals surface area contributed by atoms with E-state index in [-0.39, 0.29) is 25.7 Å². The number of rotatable bonds is 7. The van der Waals surface area contributed by atoms with E-state index < -0.39 is 50.1 Å². The van der Waals surface area contributed by atoms with E-state index in [2.05, 4.69) is 9.44 Å². The third-order valence-corrected chi connectivity index (χ3v) is 6.44. The summed E-state index contributed by atoms with van der Waals surface area (Å²) in [6, 6.07) is -0.961. The number of hydrogen-bond acceptors (Lipinski definition) is 5. The molecule has 7 nitrogen and oxygen atoms in total. The smallest absolute Gasteiger partial charge is 0.248 e. The van der Waals surface area contributed by atoms with Crippen LogP contribution in [0.3, 0.4) is 0 Å². The highest BCUT2D eigenvalue weighted by atomic mass is 32.2. The van der Waals surface area contributed by atoms with Crippen molar-refractivity contribution in [2.45, 2.75) is 75.5 Å². The summed E-state index contributed by atoms with van der Waals surface area (Å²) >= 11 is 0. The summed E-state index contributed by atoms with van der Waals surface area (Å²) in [7, 11) is -7.19. The molecule has 0 aromatic rings. The average molecular weight is 405 g/mol. The second-order valence-corrected chi connectivity index (χ2v) is 10.4. The normalized spacial score (nSPS) is 28.8. The first-order valence-corrected chi connectivity index (χ1v) is 12.0. The molecule has 0 amide bonds. The van der Waals surface area contributed by atoms with Crippen LogP contribution in [0.1, 0.15) is 51.4 Å². The lowest BCUT2D eigenvalue weighted by Crippen LogP contribution is -2.47. The Balaban J connectivity index is 1.85. The van der Waals surface area contributed by atoms with E-state index in [1.54, 1.807) is 0 Å². The molecule has 0 aromatic carbocycles. The Morgan fingerprint density at radius 1 is 1.00 bits per heavy atom. The second-order valence-electron chi connectivity index (χ2n) is 6.97. The van der Waals surface area contributed by atoms with Crippen LogP contribution in [0, 0.1) is 0 Å². The van der Waals surface area contributed by atoms with Gasteiger partial charge >= 0.3 is 0 Å². The van der Waals surface area contributed by atoms with Crippen molar-refractivity contribution in [3.8, 4) is 0 Å². The van der Waals surface area contributed by atoms with Gasteiger partial charge in [-0.15, -0.1) is 0 Å². The summed E-state index contributed by atoms with van der Waals surface area (Å²) < 4.78 is 83.7. The Morgan fingerprint density at radius 3 is 2.20 bits per heavy atom. The molecule has 0 aliphatic heterocycles. The minimum Gasteiger partial charge on any atom is -0.359 e. The van der Waals surface area contributed by atoms with Crippen LogP contribution in [0.5, 0.6) is 0 Å². The molecule has 2 rings (SSSR count). The lowest BCUT2D eigenvalue weighted by atomic mass is 9.93. The first kappa shape index (κ1) is 20.9. The Bertz CT molecular complexity index is 644. The molecule has 2 fully saturated rings. The number of nitrogens with one attached hydrogen (secondary N) is 2. The fourth-order valence-electron chi connectivity index (χ4n) is 3.33. The predicted octanol–water partition coefficient (Wildman–Crippen LogP) is 1.32. The number of alkyl halides is 2. The van der Waals surface area contributed by atoms with E-state index >= 15 is 0 Å². The molecule has 0 saturated heterocycles. The van der Waals surface area contributed by atoms with Gasteiger partial charge in [-0.1, -0.05) is 12.8 Å². The molecule has 0 aromatic heterocycles. The van der Waals surface area contributed by atoms with Crippen LogP contribution in [0.4, 0.5) is 8.78 Å². The van der Waals surface area contributed by atoms with E-state index in [1.165, 1.54) is 0 Å². The van der Waals surface area contributed by atoms with Crippen molar-refractivity contribution in [3.63, 3.8) is 0 Å². The molecule has 0 heterocycles. The molecule has 2 aliphatic carbocycles. The van der Waals surface area contributed by atoms with Crippen molar-refractivity contribution in [1.29, 1.82) is 0 Å². The van der Waals surface area contributed by atoms with Gasteiger partial charge in [0.15, 0.2) is 5.94 Å². The van der Waals surface area contributed by atoms with Gasteiger partial charge in [0.05, 0.1) is 12.4 Å². The van der Waals surface area contributed by atoms with Gasteiger partial charge in [0.1, 0.15) is 0 Å². The molecule has 0 unspecified atom stereocenters. The minimum atomic E-state index is -3.78. The van der Waals surface area contributed by atoms with Gasteiger partial charge in [-0.3, -0.25) is 0 Å². The number of ether oxygens (including phenoxy) is 1. The van der Waals surface area contributed by atoms with Gasteiger partial charge in [0, 0.05) is 24.9 Å². The van der Waals surface area contributed by atoms with E-state index in [0.717, 1.165) is 19.1 Å². The van der Waals surface area contributed by atoms with Crippen LogP contribution in [-0.4, -0.2) is 53.1 Å². The van der Waals surface area contributed by atoms with Crippen molar-refractivity contribution < 1.29 is 30.4 Å². The van der Waals surface area contributed by atoms with Gasteiger partial charge in [0.2, 0.25) is 26.0 Å². The first-order valence-electron chi connectivity index (χ1n) is 8.42. The molecule has 2 atom stereocenters. The molecule has 25 heavy (non-hydrogen) atoms. The van der Waals surface area contributed by atoms with E-state index in [1.807, 2.05) is 0 Å². The Kier molecular flexibility index (Phi) is 6.80. The molecular weight excluding hydrogens is 378 g/mol. The summed E-state index contributed by atoms with van der Waals surface area (Å²) in [4.78, 5) is 0. The lowest BCUT2D eigenvalue weighted by molar-refractivity contribution is -0.0388. The van der Waals surface area contributed by atoms with Crippen molar-refractivity contribution in [2.75, 3.05) is 12.2 Å². The standard InChI is InChI=1S/C14H26F2N2O5S2/c1-24(19,20)18-12-4-2-3-5-13(12)23-10-25(21,22)17-11-6-8-14(15,16)9-7-11/h11-13,17-18H,2-10H2,1H3/t12-,13-/m1/s1. The molecule has 2 N–H and O–H groups in total. The van der Waals surface area contributed by atoms with Gasteiger partial charge in [-0.05, 0) is 25.7 Å². The zero-order valence-electron chi connectivity index (χ0n) is 14.2. The monoisotopic (exact) mass is 404 g/mol. The highest BCUT2D eigenvalue weighted by molar-refractivity contribution is 7.89. The maximum atomic E-state index is 13.1. The van der Waals surface area contributed by atoms with Crippen molar-refractivity contribution in [1.82, 2.24) is 9.44 Å². The third-order valence-electron chi connectivity index (χ3n) is 4.57. The molecule has 0 radical (unpaired) electrons. The Hall–Kier alpha value is -0.360. The molecular formula is C14H26F2N2O5S2. The molecule has 148 valence electrons. The zero-order chi connectivity index (χ0) is 18.7. The Morgan fingerprint density at radius 2 is 1.60 bits per heavy atom. The first-order chi connectivity index (χ1) is 11.5. The highest BCUT2D eigenvalue weighted by Crippen LogP contribution is 2.33. The summed E-state index contributed by atoms with van der Waals surface area (Å²) in [5, 5.41) is 0. The van der Waals surface area contributed by atoms with Crippen LogP contribution >= 0.6 is 0 Å². The topological polar surface area (TPSA) is 102 Å². The third kappa shape index (κ3) is 7.41. The fraction of sp³-hybridized carbons (Fsp3) is 1.00. The van der Waals surface area contributed by atoms with E-state index in [9.17, 15) is 25.6 Å². The molecule has 0 spiro atoms. The van der Waals surface area contributed by atoms with Gasteiger partial charge in [0.25, 0.3) is 0 Å². The van der Waals surface area contributed by atoms with Crippen molar-refractivity contribution in [2.24, 2.45) is 0 Å². The molecule has 11 heteroatoms. The fourth-order valence-corrected chi connectivity index (χ4v) is 5.31. The quantitative estimate of drug-likeness (QED) is 0.666. The van der Waals surface area contributed by atoms with Gasteiger partial charge < -0.3 is 4.74 Å². The van der Waals surface area contributed by atoms with Crippen molar-refractivity contribution in [3.05, 3.63) is 0 Å². The maximum Gasteiger partial charge on any atom is 0.248 e. The molecule has 0 bridgehead atoms. The van der Waals surface area contributed by atoms with Crippen LogP contribution in [0.2, 0.25) is 0 Å². The largest absolute Gasteiger partial charge is 0.359 e. The van der Waals surface area contributed by atoms with Crippen LogP contribution in [-0.2, 0) is 24.8 Å². The van der Waals surface area contributed by atoms with Gasteiger partial charge in [-0.25, -0.2) is 35.1 Å². The SMILES string of the molecule is CS(=O)(=O)N[C@@H]1CCCC[C@H]1OCS(=O)(=O)NC1CCC(F)(F)CC1. The Labute approximate surface area is 148 Å². The highest BCUT2D eigenvalue weighted by Gasteiger charge is 2.36. The summed E-state index contributed by atoms with van der Waals surface area (Å²) in [5.74, 6) is -3.32. The predicted molar refractivity (Wildman–Crippen MR) is 89.2 cm³/mol. The minimum absolute atomic E-state index is 0.0912. The summed E-state index contributed by atoms with van der Waals surface area (Å²) in [6.45, 7) is 0. The maximum absolute atomic E-state index is 13.1. The number of hydrogen-bond donors (Lipinski definition) is 2. The summed E-state index contributed by atoms with van der Waals surface area (Å²) in [6.07, 6.45) is 2.88. The average Bonchev–Trinajstić information content (AvgIpc) is 2.47. The van der Waals surface area contributed by atoms with Crippen LogP contribution in [0.15, 0.2) is 0 Å².